The standard InChI is InChI=1S/C19H22N4O3/c24-18(20-14-4-5-14)17-21-19(26-22-17)15-2-1-8-23(15)11-12-3-6-16-13(10-12)7-9-25-16/h3,6,10,14-15H,1-2,4-5,7-9,11H2,(H,20,24)/t15-/m1/s1. The van der Waals surface area contributed by atoms with Gasteiger partial charge in [-0.15, -0.1) is 0 Å². The van der Waals surface area contributed by atoms with Crippen molar-refractivity contribution in [1.29, 1.82) is 0 Å². The fourth-order valence-electron chi connectivity index (χ4n) is 3.81. The third kappa shape index (κ3) is 3.07. The van der Waals surface area contributed by atoms with Gasteiger partial charge in [0.05, 0.1) is 12.6 Å². The molecule has 1 aliphatic carbocycles. The van der Waals surface area contributed by atoms with Crippen molar-refractivity contribution >= 4 is 5.91 Å². The number of hydrogen-bond donors (Lipinski definition) is 1. The van der Waals surface area contributed by atoms with Gasteiger partial charge < -0.3 is 14.6 Å². The van der Waals surface area contributed by atoms with E-state index in [4.69, 9.17) is 9.26 Å². The number of aromatic nitrogens is 2. The lowest BCUT2D eigenvalue weighted by Crippen LogP contribution is -2.27. The minimum atomic E-state index is -0.231. The molecule has 3 aliphatic rings. The summed E-state index contributed by atoms with van der Waals surface area (Å²) in [7, 11) is 0. The highest BCUT2D eigenvalue weighted by molar-refractivity contribution is 5.90. The first-order valence-corrected chi connectivity index (χ1v) is 9.39. The van der Waals surface area contributed by atoms with Gasteiger partial charge in [0, 0.05) is 19.0 Å². The molecule has 1 saturated heterocycles. The molecule has 7 nitrogen and oxygen atoms in total. The van der Waals surface area contributed by atoms with Crippen LogP contribution < -0.4 is 10.1 Å². The average molecular weight is 354 g/mol. The zero-order valence-corrected chi connectivity index (χ0v) is 14.6. The van der Waals surface area contributed by atoms with Gasteiger partial charge in [-0.25, -0.2) is 0 Å². The lowest BCUT2D eigenvalue weighted by molar-refractivity contribution is 0.0937. The average Bonchev–Trinajstić information content (AvgIpc) is 3.08. The Bertz CT molecular complexity index is 830. The molecule has 26 heavy (non-hydrogen) atoms. The summed E-state index contributed by atoms with van der Waals surface area (Å²) in [6.45, 7) is 2.60. The molecule has 7 heteroatoms. The highest BCUT2D eigenvalue weighted by Gasteiger charge is 2.32. The molecule has 0 bridgehead atoms. The number of hydrogen-bond acceptors (Lipinski definition) is 6. The normalized spacial score (nSPS) is 22.2. The molecule has 1 atom stereocenters. The van der Waals surface area contributed by atoms with E-state index in [0.29, 0.717) is 5.89 Å². The Labute approximate surface area is 151 Å². The Hall–Kier alpha value is -2.41. The number of amides is 1. The fraction of sp³-hybridized carbons (Fsp3) is 0.526. The summed E-state index contributed by atoms with van der Waals surface area (Å²) in [5.74, 6) is 1.47. The van der Waals surface area contributed by atoms with Gasteiger partial charge in [0.15, 0.2) is 0 Å². The second-order valence-corrected chi connectivity index (χ2v) is 7.37. The van der Waals surface area contributed by atoms with Crippen LogP contribution in [-0.4, -0.2) is 40.1 Å². The van der Waals surface area contributed by atoms with Crippen LogP contribution in [0.25, 0.3) is 0 Å². The van der Waals surface area contributed by atoms with Crippen molar-refractivity contribution in [2.75, 3.05) is 13.2 Å². The molecule has 1 aromatic carbocycles. The Morgan fingerprint density at radius 3 is 3.12 bits per heavy atom. The molecule has 2 aromatic rings. The van der Waals surface area contributed by atoms with Crippen LogP contribution in [0.5, 0.6) is 5.75 Å². The summed E-state index contributed by atoms with van der Waals surface area (Å²) >= 11 is 0. The third-order valence-corrected chi connectivity index (χ3v) is 5.35. The van der Waals surface area contributed by atoms with Crippen LogP contribution in [0.4, 0.5) is 0 Å². The Morgan fingerprint density at radius 2 is 2.23 bits per heavy atom. The predicted molar refractivity (Wildman–Crippen MR) is 92.8 cm³/mol. The summed E-state index contributed by atoms with van der Waals surface area (Å²) in [6, 6.07) is 6.79. The number of carbonyl (C=O) groups excluding carboxylic acids is 1. The third-order valence-electron chi connectivity index (χ3n) is 5.35. The number of likely N-dealkylation sites (tertiary alicyclic amines) is 1. The molecule has 0 unspecified atom stereocenters. The zero-order valence-electron chi connectivity index (χ0n) is 14.6. The highest BCUT2D eigenvalue weighted by atomic mass is 16.5. The number of benzene rings is 1. The van der Waals surface area contributed by atoms with Gasteiger partial charge in [-0.3, -0.25) is 9.69 Å². The number of rotatable bonds is 5. The molecular weight excluding hydrogens is 332 g/mol. The van der Waals surface area contributed by atoms with Crippen molar-refractivity contribution in [2.45, 2.75) is 50.7 Å². The maximum atomic E-state index is 12.1. The van der Waals surface area contributed by atoms with Gasteiger partial charge >= 0.3 is 0 Å². The molecule has 3 heterocycles. The molecule has 2 fully saturated rings. The molecule has 5 rings (SSSR count). The minimum Gasteiger partial charge on any atom is -0.493 e. The number of nitrogens with zero attached hydrogens (tertiary/aromatic N) is 3. The Kier molecular flexibility index (Phi) is 3.89. The van der Waals surface area contributed by atoms with Gasteiger partial charge in [0.2, 0.25) is 5.89 Å². The molecule has 1 N–H and O–H groups in total. The van der Waals surface area contributed by atoms with Crippen molar-refractivity contribution in [3.05, 3.63) is 41.0 Å². The van der Waals surface area contributed by atoms with Crippen LogP contribution in [0.3, 0.4) is 0 Å². The largest absolute Gasteiger partial charge is 0.493 e. The molecule has 0 spiro atoms. The number of ether oxygens (including phenoxy) is 1. The topological polar surface area (TPSA) is 80.5 Å². The van der Waals surface area contributed by atoms with Crippen molar-refractivity contribution in [3.8, 4) is 5.75 Å². The van der Waals surface area contributed by atoms with E-state index in [1.807, 2.05) is 0 Å². The first-order valence-electron chi connectivity index (χ1n) is 9.39. The molecule has 1 amide bonds. The van der Waals surface area contributed by atoms with Gasteiger partial charge in [-0.05, 0) is 49.4 Å². The van der Waals surface area contributed by atoms with Crippen LogP contribution in [0.2, 0.25) is 0 Å². The maximum Gasteiger partial charge on any atom is 0.292 e. The van der Waals surface area contributed by atoms with E-state index >= 15 is 0 Å². The monoisotopic (exact) mass is 354 g/mol. The SMILES string of the molecule is O=C(NC1CC1)c1noc([C@H]2CCCN2Cc2ccc3c(c2)CCO3)n1. The van der Waals surface area contributed by atoms with Gasteiger partial charge in [-0.2, -0.15) is 4.98 Å². The first kappa shape index (κ1) is 15.8. The smallest absolute Gasteiger partial charge is 0.292 e. The molecule has 2 aliphatic heterocycles. The maximum absolute atomic E-state index is 12.1. The lowest BCUT2D eigenvalue weighted by Gasteiger charge is -2.21. The van der Waals surface area contributed by atoms with Gasteiger partial charge in [0.1, 0.15) is 5.75 Å². The molecule has 0 radical (unpaired) electrons. The highest BCUT2D eigenvalue weighted by Crippen LogP contribution is 2.33. The second-order valence-electron chi connectivity index (χ2n) is 7.37. The first-order chi connectivity index (χ1) is 12.8. The molecule has 136 valence electrons. The van der Waals surface area contributed by atoms with Crippen LogP contribution in [-0.2, 0) is 13.0 Å². The minimum absolute atomic E-state index is 0.0782. The van der Waals surface area contributed by atoms with E-state index in [1.54, 1.807) is 0 Å². The van der Waals surface area contributed by atoms with E-state index in [-0.39, 0.29) is 23.8 Å². The summed E-state index contributed by atoms with van der Waals surface area (Å²) < 4.78 is 11.0. The quantitative estimate of drug-likeness (QED) is 0.887. The van der Waals surface area contributed by atoms with Gasteiger partial charge in [-0.1, -0.05) is 17.3 Å². The number of carbonyl (C=O) groups is 1. The van der Waals surface area contributed by atoms with E-state index in [1.165, 1.54) is 11.1 Å². The molecule has 1 saturated carbocycles. The summed E-state index contributed by atoms with van der Waals surface area (Å²) in [5.41, 5.74) is 2.56. The molecular formula is C19H22N4O3. The van der Waals surface area contributed by atoms with E-state index < -0.39 is 0 Å². The van der Waals surface area contributed by atoms with E-state index in [9.17, 15) is 4.79 Å². The van der Waals surface area contributed by atoms with Crippen molar-refractivity contribution < 1.29 is 14.1 Å². The zero-order chi connectivity index (χ0) is 17.5. The Morgan fingerprint density at radius 1 is 1.31 bits per heavy atom. The van der Waals surface area contributed by atoms with Crippen LogP contribution in [0.1, 0.15) is 59.4 Å². The number of nitrogens with one attached hydrogen (secondary N) is 1. The number of fused-ring (bicyclic) bond motifs is 1. The van der Waals surface area contributed by atoms with Crippen molar-refractivity contribution in [2.24, 2.45) is 0 Å². The molecule has 1 aromatic heterocycles. The summed E-state index contributed by atoms with van der Waals surface area (Å²) in [5, 5.41) is 6.79. The van der Waals surface area contributed by atoms with E-state index in [0.717, 1.165) is 57.6 Å². The second kappa shape index (κ2) is 6.39. The van der Waals surface area contributed by atoms with Crippen LogP contribution in [0.15, 0.2) is 22.7 Å². The van der Waals surface area contributed by atoms with Gasteiger partial charge in [0.25, 0.3) is 11.7 Å². The lowest BCUT2D eigenvalue weighted by atomic mass is 10.1. The van der Waals surface area contributed by atoms with Crippen molar-refractivity contribution in [1.82, 2.24) is 20.4 Å². The van der Waals surface area contributed by atoms with Crippen molar-refractivity contribution in [3.63, 3.8) is 0 Å². The van der Waals surface area contributed by atoms with Crippen LogP contribution in [0, 0.1) is 0 Å². The fourth-order valence-corrected chi connectivity index (χ4v) is 3.81. The predicted octanol–water partition coefficient (Wildman–Crippen LogP) is 2.23. The van der Waals surface area contributed by atoms with Crippen LogP contribution >= 0.6 is 0 Å². The summed E-state index contributed by atoms with van der Waals surface area (Å²) in [6.07, 6.45) is 5.12. The van der Waals surface area contributed by atoms with E-state index in [2.05, 4.69) is 38.6 Å². The Balaban J connectivity index is 1.29. The summed E-state index contributed by atoms with van der Waals surface area (Å²) in [4.78, 5) is 18.8.